The summed E-state index contributed by atoms with van der Waals surface area (Å²) in [6.45, 7) is 0.333. The summed E-state index contributed by atoms with van der Waals surface area (Å²) < 4.78 is 5.60. The van der Waals surface area contributed by atoms with Crippen molar-refractivity contribution in [1.82, 2.24) is 0 Å². The van der Waals surface area contributed by atoms with Crippen molar-refractivity contribution in [1.29, 1.82) is 0 Å². The van der Waals surface area contributed by atoms with Crippen molar-refractivity contribution in [2.75, 3.05) is 0 Å². The zero-order valence-electron chi connectivity index (χ0n) is 9.87. The van der Waals surface area contributed by atoms with Gasteiger partial charge in [0.15, 0.2) is 6.29 Å². The number of aldehydes is 1. The third-order valence-corrected chi connectivity index (χ3v) is 2.62. The molecular weight excluding hydrogens is 228 g/mol. The van der Waals surface area contributed by atoms with Gasteiger partial charge in [0.2, 0.25) is 0 Å². The summed E-state index contributed by atoms with van der Waals surface area (Å²) >= 11 is 0. The van der Waals surface area contributed by atoms with Crippen LogP contribution in [0.2, 0.25) is 0 Å². The highest BCUT2D eigenvalue weighted by molar-refractivity contribution is 5.79. The standard InChI is InChI=1S/C15H14O3/c16-9-13-6-7-15(14(8-13)10-17)18-11-12-4-2-1-3-5-12/h1-8,10,16H,9,11H2. The summed E-state index contributed by atoms with van der Waals surface area (Å²) in [6, 6.07) is 14.8. The number of hydrogen-bond donors (Lipinski definition) is 1. The molecular formula is C15H14O3. The SMILES string of the molecule is O=Cc1cc(CO)ccc1OCc1ccccc1. The molecule has 3 nitrogen and oxygen atoms in total. The van der Waals surface area contributed by atoms with E-state index in [0.29, 0.717) is 23.5 Å². The maximum Gasteiger partial charge on any atom is 0.153 e. The topological polar surface area (TPSA) is 46.5 Å². The molecule has 0 saturated carbocycles. The van der Waals surface area contributed by atoms with Crippen LogP contribution in [0, 0.1) is 0 Å². The zero-order valence-corrected chi connectivity index (χ0v) is 9.87. The van der Waals surface area contributed by atoms with Crippen LogP contribution in [0.1, 0.15) is 21.5 Å². The zero-order chi connectivity index (χ0) is 12.8. The number of aliphatic hydroxyl groups is 1. The van der Waals surface area contributed by atoms with Crippen LogP contribution in [0.4, 0.5) is 0 Å². The highest BCUT2D eigenvalue weighted by Crippen LogP contribution is 2.19. The Balaban J connectivity index is 2.12. The lowest BCUT2D eigenvalue weighted by atomic mass is 10.1. The lowest BCUT2D eigenvalue weighted by Gasteiger charge is -2.09. The number of hydrogen-bond acceptors (Lipinski definition) is 3. The number of rotatable bonds is 5. The van der Waals surface area contributed by atoms with E-state index >= 15 is 0 Å². The van der Waals surface area contributed by atoms with Gasteiger partial charge in [-0.25, -0.2) is 0 Å². The van der Waals surface area contributed by atoms with Crippen molar-refractivity contribution in [3.05, 3.63) is 65.2 Å². The minimum Gasteiger partial charge on any atom is -0.488 e. The second-order valence-corrected chi connectivity index (χ2v) is 3.92. The molecule has 2 rings (SSSR count). The summed E-state index contributed by atoms with van der Waals surface area (Å²) in [6.07, 6.45) is 0.736. The average molecular weight is 242 g/mol. The van der Waals surface area contributed by atoms with Crippen molar-refractivity contribution in [2.45, 2.75) is 13.2 Å². The van der Waals surface area contributed by atoms with Gasteiger partial charge in [-0.1, -0.05) is 36.4 Å². The van der Waals surface area contributed by atoms with Gasteiger partial charge < -0.3 is 9.84 Å². The molecule has 1 N–H and O–H groups in total. The fourth-order valence-corrected chi connectivity index (χ4v) is 1.66. The van der Waals surface area contributed by atoms with E-state index in [4.69, 9.17) is 9.84 Å². The molecule has 92 valence electrons. The Morgan fingerprint density at radius 3 is 2.50 bits per heavy atom. The Morgan fingerprint density at radius 2 is 1.83 bits per heavy atom. The second kappa shape index (κ2) is 5.98. The molecule has 0 aliphatic rings. The van der Waals surface area contributed by atoms with E-state index in [1.54, 1.807) is 18.2 Å². The van der Waals surface area contributed by atoms with Crippen LogP contribution in [0.25, 0.3) is 0 Å². The van der Waals surface area contributed by atoms with Gasteiger partial charge in [0.1, 0.15) is 12.4 Å². The molecule has 0 aliphatic heterocycles. The number of aliphatic hydroxyl groups excluding tert-OH is 1. The van der Waals surface area contributed by atoms with Gasteiger partial charge in [-0.15, -0.1) is 0 Å². The molecule has 0 saturated heterocycles. The van der Waals surface area contributed by atoms with Gasteiger partial charge in [-0.3, -0.25) is 4.79 Å². The van der Waals surface area contributed by atoms with Crippen molar-refractivity contribution in [2.24, 2.45) is 0 Å². The molecule has 0 spiro atoms. The van der Waals surface area contributed by atoms with E-state index in [0.717, 1.165) is 11.8 Å². The molecule has 0 aromatic heterocycles. The van der Waals surface area contributed by atoms with Crippen molar-refractivity contribution in [3.8, 4) is 5.75 Å². The highest BCUT2D eigenvalue weighted by Gasteiger charge is 2.04. The van der Waals surface area contributed by atoms with Crippen LogP contribution in [-0.2, 0) is 13.2 Å². The van der Waals surface area contributed by atoms with Gasteiger partial charge in [0, 0.05) is 0 Å². The normalized spacial score (nSPS) is 10.1. The molecule has 0 heterocycles. The van der Waals surface area contributed by atoms with Gasteiger partial charge in [0.05, 0.1) is 12.2 Å². The van der Waals surface area contributed by atoms with Crippen molar-refractivity contribution < 1.29 is 14.6 Å². The van der Waals surface area contributed by atoms with Crippen molar-refractivity contribution >= 4 is 6.29 Å². The molecule has 0 atom stereocenters. The fourth-order valence-electron chi connectivity index (χ4n) is 1.66. The first kappa shape index (κ1) is 12.3. The lowest BCUT2D eigenvalue weighted by Crippen LogP contribution is -1.99. The number of ether oxygens (including phenoxy) is 1. The van der Waals surface area contributed by atoms with E-state index in [9.17, 15) is 4.79 Å². The van der Waals surface area contributed by atoms with Crippen molar-refractivity contribution in [3.63, 3.8) is 0 Å². The highest BCUT2D eigenvalue weighted by atomic mass is 16.5. The molecule has 2 aromatic rings. The van der Waals surface area contributed by atoms with E-state index < -0.39 is 0 Å². The Labute approximate surface area is 106 Å². The molecule has 3 heteroatoms. The molecule has 0 fully saturated rings. The third kappa shape index (κ3) is 2.96. The second-order valence-electron chi connectivity index (χ2n) is 3.92. The summed E-state index contributed by atoms with van der Waals surface area (Å²) in [5, 5.41) is 9.00. The first-order valence-electron chi connectivity index (χ1n) is 5.69. The monoisotopic (exact) mass is 242 g/mol. The van der Waals surface area contributed by atoms with Crippen LogP contribution in [-0.4, -0.2) is 11.4 Å². The van der Waals surface area contributed by atoms with E-state index in [2.05, 4.69) is 0 Å². The predicted octanol–water partition coefficient (Wildman–Crippen LogP) is 2.57. The largest absolute Gasteiger partial charge is 0.488 e. The number of benzene rings is 2. The smallest absolute Gasteiger partial charge is 0.153 e. The van der Waals surface area contributed by atoms with Crippen LogP contribution >= 0.6 is 0 Å². The van der Waals surface area contributed by atoms with E-state index in [1.807, 2.05) is 30.3 Å². The van der Waals surface area contributed by atoms with E-state index in [1.165, 1.54) is 0 Å². The summed E-state index contributed by atoms with van der Waals surface area (Å²) in [5.41, 5.74) is 2.20. The molecule has 0 unspecified atom stereocenters. The molecule has 2 aromatic carbocycles. The molecule has 0 amide bonds. The van der Waals surface area contributed by atoms with Crippen LogP contribution in [0.15, 0.2) is 48.5 Å². The Bertz CT molecular complexity index is 521. The van der Waals surface area contributed by atoms with Gasteiger partial charge in [-0.05, 0) is 23.3 Å². The Morgan fingerprint density at radius 1 is 1.06 bits per heavy atom. The fraction of sp³-hybridized carbons (Fsp3) is 0.133. The third-order valence-electron chi connectivity index (χ3n) is 2.62. The first-order valence-corrected chi connectivity index (χ1v) is 5.69. The maximum atomic E-state index is 10.9. The summed E-state index contributed by atoms with van der Waals surface area (Å²) in [7, 11) is 0. The maximum absolute atomic E-state index is 10.9. The number of carbonyl (C=O) groups is 1. The lowest BCUT2D eigenvalue weighted by molar-refractivity contribution is 0.111. The minimum atomic E-state index is -0.0835. The van der Waals surface area contributed by atoms with Crippen LogP contribution in [0.3, 0.4) is 0 Å². The molecule has 0 aliphatic carbocycles. The Hall–Kier alpha value is -2.13. The Kier molecular flexibility index (Phi) is 4.10. The quantitative estimate of drug-likeness (QED) is 0.820. The van der Waals surface area contributed by atoms with Gasteiger partial charge in [0.25, 0.3) is 0 Å². The van der Waals surface area contributed by atoms with Gasteiger partial charge in [-0.2, -0.15) is 0 Å². The molecule has 0 radical (unpaired) electrons. The average Bonchev–Trinajstić information content (AvgIpc) is 2.46. The minimum absolute atomic E-state index is 0.0835. The van der Waals surface area contributed by atoms with Crippen LogP contribution < -0.4 is 4.74 Å². The summed E-state index contributed by atoms with van der Waals surface area (Å²) in [4.78, 5) is 10.9. The van der Waals surface area contributed by atoms with Crippen LogP contribution in [0.5, 0.6) is 5.75 Å². The first-order chi connectivity index (χ1) is 8.83. The number of carbonyl (C=O) groups excluding carboxylic acids is 1. The van der Waals surface area contributed by atoms with E-state index in [-0.39, 0.29) is 6.61 Å². The predicted molar refractivity (Wildman–Crippen MR) is 68.5 cm³/mol. The summed E-state index contributed by atoms with van der Waals surface area (Å²) in [5.74, 6) is 0.533. The molecule has 18 heavy (non-hydrogen) atoms. The van der Waals surface area contributed by atoms with Gasteiger partial charge >= 0.3 is 0 Å². The molecule has 0 bridgehead atoms.